The van der Waals surface area contributed by atoms with Crippen molar-refractivity contribution in [3.8, 4) is 17.2 Å². The Hall–Kier alpha value is -5.82. The van der Waals surface area contributed by atoms with Crippen molar-refractivity contribution >= 4 is 23.7 Å². The smallest absolute Gasteiger partial charge is 0.343 e. The number of esters is 3. The van der Waals surface area contributed by atoms with Crippen molar-refractivity contribution in [3.05, 3.63) is 161 Å². The maximum absolute atomic E-state index is 13.5. The molecule has 0 aliphatic rings. The molecule has 7 nitrogen and oxygen atoms in total. The molecular formula is C34H22O7. The molecule has 0 unspecified atom stereocenters. The summed E-state index contributed by atoms with van der Waals surface area (Å²) in [5.74, 6) is -2.01. The molecule has 0 bridgehead atoms. The Morgan fingerprint density at radius 2 is 0.805 bits per heavy atom. The summed E-state index contributed by atoms with van der Waals surface area (Å²) < 4.78 is 16.5. The van der Waals surface area contributed by atoms with Crippen molar-refractivity contribution in [1.29, 1.82) is 0 Å². The first-order valence-corrected chi connectivity index (χ1v) is 12.6. The average Bonchev–Trinajstić information content (AvgIpc) is 3.02. The Labute approximate surface area is 235 Å². The summed E-state index contributed by atoms with van der Waals surface area (Å²) in [5, 5.41) is 0. The van der Waals surface area contributed by atoms with E-state index in [4.69, 9.17) is 14.2 Å². The zero-order valence-electron chi connectivity index (χ0n) is 21.6. The molecule has 0 aliphatic heterocycles. The molecule has 0 saturated heterocycles. The predicted octanol–water partition coefficient (Wildman–Crippen LogP) is 6.58. The van der Waals surface area contributed by atoms with Gasteiger partial charge in [-0.25, -0.2) is 14.4 Å². The Morgan fingerprint density at radius 1 is 0.390 bits per heavy atom. The number of hydrogen-bond acceptors (Lipinski definition) is 7. The van der Waals surface area contributed by atoms with Gasteiger partial charge in [0.15, 0.2) is 5.78 Å². The van der Waals surface area contributed by atoms with E-state index in [1.165, 1.54) is 42.5 Å². The second-order valence-corrected chi connectivity index (χ2v) is 8.78. The molecule has 0 saturated carbocycles. The molecule has 5 rings (SSSR count). The number of carbonyl (C=O) groups is 4. The van der Waals surface area contributed by atoms with Crippen LogP contribution in [0, 0.1) is 0 Å². The van der Waals surface area contributed by atoms with Gasteiger partial charge < -0.3 is 14.2 Å². The van der Waals surface area contributed by atoms with E-state index in [1.807, 2.05) is 0 Å². The quantitative estimate of drug-likeness (QED) is 0.124. The highest BCUT2D eigenvalue weighted by atomic mass is 16.5. The van der Waals surface area contributed by atoms with Crippen molar-refractivity contribution in [2.45, 2.75) is 0 Å². The highest BCUT2D eigenvalue weighted by Gasteiger charge is 2.21. The van der Waals surface area contributed by atoms with Crippen LogP contribution < -0.4 is 14.2 Å². The number of ether oxygens (including phenoxy) is 3. The van der Waals surface area contributed by atoms with Gasteiger partial charge in [-0.15, -0.1) is 0 Å². The second kappa shape index (κ2) is 12.4. The van der Waals surface area contributed by atoms with Crippen LogP contribution in [0.25, 0.3) is 0 Å². The molecule has 5 aromatic rings. The average molecular weight is 543 g/mol. The summed E-state index contributed by atoms with van der Waals surface area (Å²) in [7, 11) is 0. The molecule has 0 fully saturated rings. The molecule has 200 valence electrons. The van der Waals surface area contributed by atoms with Crippen LogP contribution in [-0.2, 0) is 0 Å². The SMILES string of the molecule is O=C(Oc1ccc(C(=O)c2ccc(OC(=O)c3ccccc3)cc2OC(=O)c2ccccc2)cc1)c1ccccc1. The van der Waals surface area contributed by atoms with E-state index < -0.39 is 23.7 Å². The van der Waals surface area contributed by atoms with Gasteiger partial charge in [0.1, 0.15) is 17.2 Å². The largest absolute Gasteiger partial charge is 0.423 e. The summed E-state index contributed by atoms with van der Waals surface area (Å²) in [4.78, 5) is 51.3. The number of benzene rings is 5. The monoisotopic (exact) mass is 542 g/mol. The summed E-state index contributed by atoms with van der Waals surface area (Å²) >= 11 is 0. The fourth-order valence-electron chi connectivity index (χ4n) is 3.88. The van der Waals surface area contributed by atoms with Gasteiger partial charge in [0, 0.05) is 11.6 Å². The Balaban J connectivity index is 1.40. The molecule has 0 atom stereocenters. The van der Waals surface area contributed by atoms with Gasteiger partial charge in [-0.1, -0.05) is 54.6 Å². The zero-order chi connectivity index (χ0) is 28.6. The van der Waals surface area contributed by atoms with Crippen LogP contribution >= 0.6 is 0 Å². The summed E-state index contributed by atoms with van der Waals surface area (Å²) in [6, 6.07) is 35.4. The number of hydrogen-bond donors (Lipinski definition) is 0. The third-order valence-corrected chi connectivity index (χ3v) is 5.97. The topological polar surface area (TPSA) is 96.0 Å². The Bertz CT molecular complexity index is 1700. The lowest BCUT2D eigenvalue weighted by Gasteiger charge is -2.12. The van der Waals surface area contributed by atoms with Gasteiger partial charge >= 0.3 is 17.9 Å². The van der Waals surface area contributed by atoms with Crippen molar-refractivity contribution in [2.75, 3.05) is 0 Å². The zero-order valence-corrected chi connectivity index (χ0v) is 21.6. The van der Waals surface area contributed by atoms with Crippen LogP contribution in [0.4, 0.5) is 0 Å². The normalized spacial score (nSPS) is 10.3. The highest BCUT2D eigenvalue weighted by Crippen LogP contribution is 2.29. The lowest BCUT2D eigenvalue weighted by molar-refractivity contribution is 0.0719. The maximum Gasteiger partial charge on any atom is 0.343 e. The minimum atomic E-state index is -0.686. The predicted molar refractivity (Wildman–Crippen MR) is 151 cm³/mol. The van der Waals surface area contributed by atoms with Gasteiger partial charge in [-0.3, -0.25) is 4.79 Å². The maximum atomic E-state index is 13.5. The Morgan fingerprint density at radius 3 is 1.29 bits per heavy atom. The lowest BCUT2D eigenvalue weighted by atomic mass is 10.0. The molecule has 0 amide bonds. The molecule has 0 spiro atoms. The van der Waals surface area contributed by atoms with Crippen LogP contribution in [0.5, 0.6) is 17.2 Å². The van der Waals surface area contributed by atoms with Crippen molar-refractivity contribution in [2.24, 2.45) is 0 Å². The minimum absolute atomic E-state index is 0.0721. The lowest BCUT2D eigenvalue weighted by Crippen LogP contribution is -2.13. The molecular weight excluding hydrogens is 520 g/mol. The second-order valence-electron chi connectivity index (χ2n) is 8.78. The molecule has 0 aromatic heterocycles. The fraction of sp³-hybridized carbons (Fsp3) is 0. The molecule has 5 aromatic carbocycles. The van der Waals surface area contributed by atoms with E-state index in [0.29, 0.717) is 11.1 Å². The van der Waals surface area contributed by atoms with E-state index in [2.05, 4.69) is 0 Å². The van der Waals surface area contributed by atoms with Crippen LogP contribution in [-0.4, -0.2) is 23.7 Å². The van der Waals surface area contributed by atoms with Crippen molar-refractivity contribution in [3.63, 3.8) is 0 Å². The molecule has 41 heavy (non-hydrogen) atoms. The van der Waals surface area contributed by atoms with Crippen LogP contribution in [0.1, 0.15) is 47.0 Å². The summed E-state index contributed by atoms with van der Waals surface area (Å²) in [6.45, 7) is 0. The van der Waals surface area contributed by atoms with E-state index >= 15 is 0 Å². The number of carbonyl (C=O) groups excluding carboxylic acids is 4. The minimum Gasteiger partial charge on any atom is -0.423 e. The number of rotatable bonds is 8. The first kappa shape index (κ1) is 26.8. The van der Waals surface area contributed by atoms with Crippen molar-refractivity contribution in [1.82, 2.24) is 0 Å². The molecule has 0 N–H and O–H groups in total. The van der Waals surface area contributed by atoms with E-state index in [0.717, 1.165) is 0 Å². The van der Waals surface area contributed by atoms with Gasteiger partial charge in [0.2, 0.25) is 0 Å². The van der Waals surface area contributed by atoms with Gasteiger partial charge in [-0.05, 0) is 72.8 Å². The molecule has 7 heteroatoms. The molecule has 0 aliphatic carbocycles. The molecule has 0 heterocycles. The standard InChI is InChI=1S/C34H22O7/c35-31(23-16-18-27(19-17-23)39-32(36)24-10-4-1-5-11-24)29-21-20-28(40-33(37)25-12-6-2-7-13-25)22-30(29)41-34(38)26-14-8-3-9-15-26/h1-22H. The third-order valence-electron chi connectivity index (χ3n) is 5.97. The summed E-state index contributed by atoms with van der Waals surface area (Å²) in [5.41, 5.74) is 1.34. The van der Waals surface area contributed by atoms with Crippen LogP contribution in [0.15, 0.2) is 133 Å². The summed E-state index contributed by atoms with van der Waals surface area (Å²) in [6.07, 6.45) is 0. The van der Waals surface area contributed by atoms with Crippen molar-refractivity contribution < 1.29 is 33.4 Å². The van der Waals surface area contributed by atoms with Crippen LogP contribution in [0.2, 0.25) is 0 Å². The van der Waals surface area contributed by atoms with E-state index in [-0.39, 0.29) is 33.9 Å². The molecule has 0 radical (unpaired) electrons. The van der Waals surface area contributed by atoms with E-state index in [1.54, 1.807) is 91.0 Å². The first-order chi connectivity index (χ1) is 20.0. The van der Waals surface area contributed by atoms with Gasteiger partial charge in [-0.2, -0.15) is 0 Å². The fourth-order valence-corrected chi connectivity index (χ4v) is 3.88. The first-order valence-electron chi connectivity index (χ1n) is 12.6. The van der Waals surface area contributed by atoms with Gasteiger partial charge in [0.05, 0.1) is 22.3 Å². The van der Waals surface area contributed by atoms with E-state index in [9.17, 15) is 19.2 Å². The van der Waals surface area contributed by atoms with Crippen LogP contribution in [0.3, 0.4) is 0 Å². The Kier molecular flexibility index (Phi) is 8.07. The third kappa shape index (κ3) is 6.61. The highest BCUT2D eigenvalue weighted by molar-refractivity contribution is 6.11. The number of ketones is 1. The van der Waals surface area contributed by atoms with Gasteiger partial charge in [0.25, 0.3) is 0 Å².